The zero-order chi connectivity index (χ0) is 32.3. The standard InChI is InChI=1S/C30H21F10NO3/c31-26-12-11-21(29(35,36)37)13-19(26)16-41(27(17-42)18-7-9-20(10-8-18)28(32,33)34)22-3-1-4-23(14-22)43-24-5-2-6-25(15-24)44-30(38,39)40/h1-15,27,42H,16-17H2. The minimum absolute atomic E-state index is 0.0188. The molecule has 0 aliphatic rings. The number of alkyl halides is 9. The maximum absolute atomic E-state index is 14.8. The highest BCUT2D eigenvalue weighted by molar-refractivity contribution is 5.54. The van der Waals surface area contributed by atoms with Crippen molar-refractivity contribution >= 4 is 5.69 Å². The molecule has 1 unspecified atom stereocenters. The zero-order valence-electron chi connectivity index (χ0n) is 22.1. The first kappa shape index (κ1) is 32.5. The first-order valence-electron chi connectivity index (χ1n) is 12.6. The lowest BCUT2D eigenvalue weighted by atomic mass is 10.0. The Morgan fingerprint density at radius 1 is 0.659 bits per heavy atom. The molecule has 4 rings (SSSR count). The molecule has 1 atom stereocenters. The highest BCUT2D eigenvalue weighted by atomic mass is 19.4. The largest absolute Gasteiger partial charge is 0.573 e. The molecule has 0 heterocycles. The maximum Gasteiger partial charge on any atom is 0.573 e. The van der Waals surface area contributed by atoms with Crippen molar-refractivity contribution in [1.29, 1.82) is 0 Å². The Kier molecular flexibility index (Phi) is 9.33. The number of hydrogen-bond acceptors (Lipinski definition) is 4. The Hall–Kier alpha value is -4.46. The maximum atomic E-state index is 14.8. The van der Waals surface area contributed by atoms with Crippen LogP contribution in [0.2, 0.25) is 0 Å². The van der Waals surface area contributed by atoms with Gasteiger partial charge in [-0.1, -0.05) is 24.3 Å². The van der Waals surface area contributed by atoms with Crippen molar-refractivity contribution in [3.63, 3.8) is 0 Å². The number of ether oxygens (including phenoxy) is 2. The Morgan fingerprint density at radius 3 is 1.82 bits per heavy atom. The van der Waals surface area contributed by atoms with E-state index in [0.717, 1.165) is 36.4 Å². The first-order valence-corrected chi connectivity index (χ1v) is 12.6. The first-order chi connectivity index (χ1) is 20.5. The SMILES string of the molecule is OCC(c1ccc(C(F)(F)F)cc1)N(Cc1cc(C(F)(F)F)ccc1F)c1cccc(Oc2cccc(OC(F)(F)F)c2)c1. The Balaban J connectivity index is 1.75. The number of aliphatic hydroxyl groups excluding tert-OH is 1. The van der Waals surface area contributed by atoms with Crippen LogP contribution in [-0.2, 0) is 18.9 Å². The molecule has 234 valence electrons. The minimum Gasteiger partial charge on any atom is -0.457 e. The topological polar surface area (TPSA) is 41.9 Å². The quantitative estimate of drug-likeness (QED) is 0.187. The van der Waals surface area contributed by atoms with Gasteiger partial charge in [0.2, 0.25) is 0 Å². The molecule has 0 aromatic heterocycles. The van der Waals surface area contributed by atoms with Gasteiger partial charge < -0.3 is 19.5 Å². The van der Waals surface area contributed by atoms with E-state index < -0.39 is 66.2 Å². The van der Waals surface area contributed by atoms with Gasteiger partial charge in [0, 0.05) is 29.9 Å². The second-order valence-electron chi connectivity index (χ2n) is 9.37. The van der Waals surface area contributed by atoms with Crippen LogP contribution in [-0.4, -0.2) is 18.1 Å². The van der Waals surface area contributed by atoms with Crippen LogP contribution in [0.1, 0.15) is 28.3 Å². The monoisotopic (exact) mass is 633 g/mol. The molecule has 0 amide bonds. The van der Waals surface area contributed by atoms with Gasteiger partial charge in [-0.2, -0.15) is 26.3 Å². The van der Waals surface area contributed by atoms with Gasteiger partial charge in [-0.05, 0) is 60.2 Å². The molecule has 4 aromatic carbocycles. The van der Waals surface area contributed by atoms with Gasteiger partial charge in [0.05, 0.1) is 23.8 Å². The molecule has 0 saturated carbocycles. The van der Waals surface area contributed by atoms with Crippen molar-refractivity contribution in [2.75, 3.05) is 11.5 Å². The lowest BCUT2D eigenvalue weighted by molar-refractivity contribution is -0.274. The summed E-state index contributed by atoms with van der Waals surface area (Å²) in [5.74, 6) is -1.65. The number of anilines is 1. The molecule has 1 N–H and O–H groups in total. The Morgan fingerprint density at radius 2 is 1.23 bits per heavy atom. The van der Waals surface area contributed by atoms with Crippen LogP contribution < -0.4 is 14.4 Å². The summed E-state index contributed by atoms with van der Waals surface area (Å²) >= 11 is 0. The normalized spacial score (nSPS) is 13.0. The van der Waals surface area contributed by atoms with E-state index in [1.54, 1.807) is 0 Å². The second-order valence-corrected chi connectivity index (χ2v) is 9.37. The van der Waals surface area contributed by atoms with Gasteiger partial charge in [-0.3, -0.25) is 0 Å². The van der Waals surface area contributed by atoms with E-state index in [4.69, 9.17) is 4.74 Å². The summed E-state index contributed by atoms with van der Waals surface area (Å²) < 4.78 is 142. The molecular formula is C30H21F10NO3. The van der Waals surface area contributed by atoms with Crippen LogP contribution in [0.4, 0.5) is 49.6 Å². The van der Waals surface area contributed by atoms with Crippen LogP contribution in [0, 0.1) is 5.82 Å². The van der Waals surface area contributed by atoms with Crippen LogP contribution in [0.5, 0.6) is 17.2 Å². The number of benzene rings is 4. The van der Waals surface area contributed by atoms with Gasteiger partial charge in [-0.25, -0.2) is 4.39 Å². The van der Waals surface area contributed by atoms with Crippen LogP contribution in [0.3, 0.4) is 0 Å². The molecule has 0 spiro atoms. The van der Waals surface area contributed by atoms with Crippen molar-refractivity contribution in [3.8, 4) is 17.2 Å². The predicted octanol–water partition coefficient (Wildman–Crippen LogP) is 9.29. The smallest absolute Gasteiger partial charge is 0.457 e. The highest BCUT2D eigenvalue weighted by Crippen LogP contribution is 2.37. The molecular weight excluding hydrogens is 612 g/mol. The number of rotatable bonds is 9. The van der Waals surface area contributed by atoms with E-state index >= 15 is 0 Å². The van der Waals surface area contributed by atoms with Crippen molar-refractivity contribution in [3.05, 3.63) is 119 Å². The third-order valence-corrected chi connectivity index (χ3v) is 6.31. The number of hydrogen-bond donors (Lipinski definition) is 1. The van der Waals surface area contributed by atoms with Crippen molar-refractivity contribution in [2.45, 2.75) is 31.3 Å². The number of nitrogens with zero attached hydrogens (tertiary/aromatic N) is 1. The summed E-state index contributed by atoms with van der Waals surface area (Å²) in [6.07, 6.45) is -14.4. The lowest BCUT2D eigenvalue weighted by Gasteiger charge is -2.34. The van der Waals surface area contributed by atoms with E-state index in [-0.39, 0.29) is 22.7 Å². The Labute approximate surface area is 243 Å². The molecule has 4 nitrogen and oxygen atoms in total. The predicted molar refractivity (Wildman–Crippen MR) is 138 cm³/mol. The van der Waals surface area contributed by atoms with E-state index in [2.05, 4.69) is 4.74 Å². The van der Waals surface area contributed by atoms with Crippen molar-refractivity contribution < 1.29 is 58.5 Å². The third-order valence-electron chi connectivity index (χ3n) is 6.31. The zero-order valence-corrected chi connectivity index (χ0v) is 22.1. The fourth-order valence-electron chi connectivity index (χ4n) is 4.31. The van der Waals surface area contributed by atoms with E-state index in [1.165, 1.54) is 41.3 Å². The van der Waals surface area contributed by atoms with Gasteiger partial charge in [0.25, 0.3) is 0 Å². The lowest BCUT2D eigenvalue weighted by Crippen LogP contribution is -2.31. The van der Waals surface area contributed by atoms with Crippen molar-refractivity contribution in [2.24, 2.45) is 0 Å². The second kappa shape index (κ2) is 12.6. The van der Waals surface area contributed by atoms with Gasteiger partial charge >= 0.3 is 18.7 Å². The fraction of sp³-hybridized carbons (Fsp3) is 0.200. The summed E-state index contributed by atoms with van der Waals surface area (Å²) in [7, 11) is 0. The number of halogens is 10. The molecule has 4 aromatic rings. The molecule has 14 heteroatoms. The van der Waals surface area contributed by atoms with Gasteiger partial charge in [-0.15, -0.1) is 13.2 Å². The average molecular weight is 633 g/mol. The Bertz CT molecular complexity index is 1570. The van der Waals surface area contributed by atoms with Crippen LogP contribution in [0.25, 0.3) is 0 Å². The minimum atomic E-state index is -4.96. The van der Waals surface area contributed by atoms with E-state index in [1.807, 2.05) is 0 Å². The van der Waals surface area contributed by atoms with Crippen LogP contribution in [0.15, 0.2) is 91.0 Å². The third kappa shape index (κ3) is 8.34. The fourth-order valence-corrected chi connectivity index (χ4v) is 4.31. The summed E-state index contributed by atoms with van der Waals surface area (Å²) in [4.78, 5) is 1.26. The molecule has 44 heavy (non-hydrogen) atoms. The van der Waals surface area contributed by atoms with Gasteiger partial charge in [0.15, 0.2) is 0 Å². The van der Waals surface area contributed by atoms with E-state index in [9.17, 15) is 49.0 Å². The molecule has 0 aliphatic carbocycles. The molecule has 0 fully saturated rings. The summed E-state index contributed by atoms with van der Waals surface area (Å²) in [5, 5.41) is 10.3. The molecule has 0 aliphatic heterocycles. The van der Waals surface area contributed by atoms with Crippen molar-refractivity contribution in [1.82, 2.24) is 0 Å². The molecule has 0 saturated heterocycles. The summed E-state index contributed by atoms with van der Waals surface area (Å²) in [5.41, 5.74) is -2.33. The summed E-state index contributed by atoms with van der Waals surface area (Å²) in [6, 6.07) is 14.3. The molecule has 0 radical (unpaired) electrons. The molecule has 0 bridgehead atoms. The van der Waals surface area contributed by atoms with Gasteiger partial charge in [0.1, 0.15) is 23.1 Å². The van der Waals surface area contributed by atoms with E-state index in [0.29, 0.717) is 18.2 Å². The highest BCUT2D eigenvalue weighted by Gasteiger charge is 2.33. The summed E-state index contributed by atoms with van der Waals surface area (Å²) in [6.45, 7) is -1.34. The average Bonchev–Trinajstić information content (AvgIpc) is 2.92. The van der Waals surface area contributed by atoms with Crippen LogP contribution >= 0.6 is 0 Å². The number of aliphatic hydroxyl groups is 1.